The number of amides is 1. The maximum atomic E-state index is 13.5. The quantitative estimate of drug-likeness (QED) is 0.373. The molecule has 2 aromatic heterocycles. The van der Waals surface area contributed by atoms with Gasteiger partial charge in [0, 0.05) is 43.2 Å². The number of aromatic nitrogens is 4. The Morgan fingerprint density at radius 3 is 2.92 bits per heavy atom. The monoisotopic (exact) mass is 511 g/mol. The van der Waals surface area contributed by atoms with E-state index in [0.29, 0.717) is 17.9 Å². The number of carbonyl (C=O) groups is 1. The largest absolute Gasteiger partial charge is 0.353 e. The summed E-state index contributed by atoms with van der Waals surface area (Å²) in [5, 5.41) is 9.16. The van der Waals surface area contributed by atoms with Gasteiger partial charge in [0.2, 0.25) is 5.91 Å². The molecule has 2 aliphatic carbocycles. The molecule has 2 aromatic carbocycles. The predicted octanol–water partition coefficient (Wildman–Crippen LogP) is 4.23. The van der Waals surface area contributed by atoms with Gasteiger partial charge < -0.3 is 9.88 Å². The number of hydrogen-bond donors (Lipinski definition) is 3. The number of hydrogen-bond acceptors (Lipinski definition) is 5. The minimum Gasteiger partial charge on any atom is -0.353 e. The van der Waals surface area contributed by atoms with E-state index in [2.05, 4.69) is 73.4 Å². The van der Waals surface area contributed by atoms with Crippen LogP contribution in [-0.4, -0.2) is 37.3 Å². The maximum Gasteiger partial charge on any atom is 0.223 e. The molecule has 1 saturated heterocycles. The van der Waals surface area contributed by atoms with Crippen molar-refractivity contribution in [3.8, 4) is 0 Å². The Hall–Kier alpha value is -3.23. The first-order valence-corrected chi connectivity index (χ1v) is 14.3. The molecule has 198 valence electrons. The number of hydrazine groups is 1. The standard InChI is InChI=1S/C30H37N7O/c1-36-17-22-14-20(9-11-25(22)35-36)29-24-15-21(10-12-26(24)33-34-29)30(38)32-23-6-4-5-19(13-23)16-37-18-31-27-7-2-3-8-28(27)37/h2-3,7-9,11,14,17-19,21,23-24,26,29,33-34H,4-6,10,12-13,15-16H2,1H3,(H,32,38). The minimum absolute atomic E-state index is 0.0838. The summed E-state index contributed by atoms with van der Waals surface area (Å²) >= 11 is 0. The van der Waals surface area contributed by atoms with Crippen molar-refractivity contribution >= 4 is 27.8 Å². The lowest BCUT2D eigenvalue weighted by atomic mass is 9.74. The van der Waals surface area contributed by atoms with Gasteiger partial charge in [-0.05, 0) is 80.2 Å². The number of rotatable bonds is 5. The zero-order valence-corrected chi connectivity index (χ0v) is 22.0. The van der Waals surface area contributed by atoms with Crippen LogP contribution in [0.1, 0.15) is 56.6 Å². The number of benzene rings is 2. The van der Waals surface area contributed by atoms with Crippen molar-refractivity contribution in [1.29, 1.82) is 0 Å². The van der Waals surface area contributed by atoms with Crippen molar-refractivity contribution < 1.29 is 4.79 Å². The van der Waals surface area contributed by atoms with Gasteiger partial charge in [0.1, 0.15) is 0 Å². The van der Waals surface area contributed by atoms with Gasteiger partial charge in [0.05, 0.1) is 28.9 Å². The normalized spacial score (nSPS) is 29.5. The van der Waals surface area contributed by atoms with Crippen molar-refractivity contribution in [2.24, 2.45) is 24.8 Å². The van der Waals surface area contributed by atoms with Crippen molar-refractivity contribution in [3.05, 3.63) is 60.6 Å². The third kappa shape index (κ3) is 4.50. The van der Waals surface area contributed by atoms with Gasteiger partial charge >= 0.3 is 0 Å². The van der Waals surface area contributed by atoms with Gasteiger partial charge in [-0.1, -0.05) is 24.6 Å². The van der Waals surface area contributed by atoms with Crippen LogP contribution >= 0.6 is 0 Å². The van der Waals surface area contributed by atoms with Crippen molar-refractivity contribution in [1.82, 2.24) is 35.5 Å². The Morgan fingerprint density at radius 2 is 1.97 bits per heavy atom. The first-order chi connectivity index (χ1) is 18.6. The molecule has 1 aliphatic heterocycles. The molecule has 0 radical (unpaired) electrons. The molecule has 2 saturated carbocycles. The number of nitrogens with zero attached hydrogens (tertiary/aromatic N) is 4. The van der Waals surface area contributed by atoms with E-state index in [1.54, 1.807) is 0 Å². The minimum atomic E-state index is 0.0838. The molecule has 3 fully saturated rings. The Kier molecular flexibility index (Phi) is 6.16. The second-order valence-corrected chi connectivity index (χ2v) is 11.8. The van der Waals surface area contributed by atoms with E-state index in [-0.39, 0.29) is 23.9 Å². The Labute approximate surface area is 223 Å². The van der Waals surface area contributed by atoms with Crippen LogP contribution in [0.15, 0.2) is 55.0 Å². The molecule has 3 heterocycles. The highest BCUT2D eigenvalue weighted by Gasteiger charge is 2.43. The topological polar surface area (TPSA) is 88.8 Å². The fourth-order valence-corrected chi connectivity index (χ4v) is 7.33. The highest BCUT2D eigenvalue weighted by Crippen LogP contribution is 2.41. The Bertz CT molecular complexity index is 1460. The van der Waals surface area contributed by atoms with Gasteiger partial charge in [-0.25, -0.2) is 10.4 Å². The van der Waals surface area contributed by atoms with Gasteiger partial charge in [0.15, 0.2) is 0 Å². The van der Waals surface area contributed by atoms with Crippen LogP contribution in [0, 0.1) is 17.8 Å². The molecule has 6 atom stereocenters. The molecule has 1 amide bonds. The summed E-state index contributed by atoms with van der Waals surface area (Å²) in [5.41, 5.74) is 11.6. The zero-order chi connectivity index (χ0) is 25.6. The number of nitrogens with one attached hydrogen (secondary N) is 3. The smallest absolute Gasteiger partial charge is 0.223 e. The molecule has 3 aliphatic rings. The van der Waals surface area contributed by atoms with Gasteiger partial charge in [-0.15, -0.1) is 0 Å². The Morgan fingerprint density at radius 1 is 1.05 bits per heavy atom. The zero-order valence-electron chi connectivity index (χ0n) is 22.0. The van der Waals surface area contributed by atoms with Gasteiger partial charge in [-0.2, -0.15) is 5.10 Å². The SMILES string of the molecule is Cn1cc2cc(C3NNC4CCC(C(=O)NC5CCCC(Cn6cnc7ccccc76)C5)CC43)ccc2n1. The van der Waals surface area contributed by atoms with E-state index < -0.39 is 0 Å². The van der Waals surface area contributed by atoms with E-state index in [1.165, 1.54) is 23.9 Å². The molecule has 8 nitrogen and oxygen atoms in total. The molecule has 0 spiro atoms. The van der Waals surface area contributed by atoms with E-state index in [4.69, 9.17) is 0 Å². The summed E-state index contributed by atoms with van der Waals surface area (Å²) in [6.07, 6.45) is 11.5. The van der Waals surface area contributed by atoms with E-state index in [0.717, 1.165) is 55.1 Å². The van der Waals surface area contributed by atoms with Crippen LogP contribution in [0.2, 0.25) is 0 Å². The number of carbonyl (C=O) groups excluding carboxylic acids is 1. The van der Waals surface area contributed by atoms with E-state index >= 15 is 0 Å². The van der Waals surface area contributed by atoms with Gasteiger partial charge in [-0.3, -0.25) is 14.9 Å². The Balaban J connectivity index is 0.989. The molecule has 6 unspecified atom stereocenters. The van der Waals surface area contributed by atoms with Crippen LogP contribution < -0.4 is 16.2 Å². The summed E-state index contributed by atoms with van der Waals surface area (Å²) in [5.74, 6) is 1.32. The summed E-state index contributed by atoms with van der Waals surface area (Å²) in [4.78, 5) is 18.1. The molecule has 0 bridgehead atoms. The third-order valence-electron chi connectivity index (χ3n) is 9.24. The van der Waals surface area contributed by atoms with E-state index in [9.17, 15) is 4.79 Å². The summed E-state index contributed by atoms with van der Waals surface area (Å²) in [6.45, 7) is 0.973. The van der Waals surface area contributed by atoms with Crippen molar-refractivity contribution in [2.45, 2.75) is 69.6 Å². The van der Waals surface area contributed by atoms with Crippen LogP contribution in [0.5, 0.6) is 0 Å². The lowest BCUT2D eigenvalue weighted by molar-refractivity contribution is -0.127. The fourth-order valence-electron chi connectivity index (χ4n) is 7.33. The molecule has 3 N–H and O–H groups in total. The van der Waals surface area contributed by atoms with Gasteiger partial charge in [0.25, 0.3) is 0 Å². The first-order valence-electron chi connectivity index (χ1n) is 14.3. The third-order valence-corrected chi connectivity index (χ3v) is 9.24. The summed E-state index contributed by atoms with van der Waals surface area (Å²) < 4.78 is 4.15. The molecular formula is C30H37N7O. The second-order valence-electron chi connectivity index (χ2n) is 11.8. The van der Waals surface area contributed by atoms with Crippen LogP contribution in [-0.2, 0) is 18.4 Å². The van der Waals surface area contributed by atoms with Crippen molar-refractivity contribution in [2.75, 3.05) is 0 Å². The van der Waals surface area contributed by atoms with Crippen LogP contribution in [0.25, 0.3) is 21.9 Å². The van der Waals surface area contributed by atoms with Crippen LogP contribution in [0.4, 0.5) is 0 Å². The van der Waals surface area contributed by atoms with Crippen LogP contribution in [0.3, 0.4) is 0 Å². The lowest BCUT2D eigenvalue weighted by Gasteiger charge is -2.35. The average Bonchev–Trinajstić information content (AvgIpc) is 3.64. The highest BCUT2D eigenvalue weighted by molar-refractivity contribution is 5.80. The lowest BCUT2D eigenvalue weighted by Crippen LogP contribution is -2.45. The fraction of sp³-hybridized carbons (Fsp3) is 0.500. The number of aryl methyl sites for hydroxylation is 1. The molecule has 8 heteroatoms. The average molecular weight is 512 g/mol. The summed E-state index contributed by atoms with van der Waals surface area (Å²) in [7, 11) is 1.96. The molecule has 38 heavy (non-hydrogen) atoms. The summed E-state index contributed by atoms with van der Waals surface area (Å²) in [6, 6.07) is 15.8. The van der Waals surface area contributed by atoms with Crippen molar-refractivity contribution in [3.63, 3.8) is 0 Å². The van der Waals surface area contributed by atoms with E-state index in [1.807, 2.05) is 24.1 Å². The highest BCUT2D eigenvalue weighted by atomic mass is 16.1. The predicted molar refractivity (Wildman–Crippen MR) is 148 cm³/mol. The molecule has 4 aromatic rings. The molecular weight excluding hydrogens is 474 g/mol. The first kappa shape index (κ1) is 23.9. The number of imidazole rings is 1. The number of para-hydroxylation sites is 2. The molecule has 7 rings (SSSR count). The second kappa shape index (κ2) is 9.82. The number of fused-ring (bicyclic) bond motifs is 3. The maximum absolute atomic E-state index is 13.5.